The fourth-order valence-electron chi connectivity index (χ4n) is 4.72. The Hall–Kier alpha value is -8.87. The van der Waals surface area contributed by atoms with Crippen molar-refractivity contribution in [2.45, 2.75) is 20.3 Å². The number of hydrogen-bond donors (Lipinski definition) is 3. The van der Waals surface area contributed by atoms with Crippen molar-refractivity contribution in [1.29, 1.82) is 0 Å². The van der Waals surface area contributed by atoms with Gasteiger partial charge in [0.05, 0.1) is 73.3 Å². The number of nitro benzene ring substituents is 8. The molecule has 0 fully saturated rings. The van der Waals surface area contributed by atoms with Crippen LogP contribution in [0.2, 0.25) is 0 Å². The van der Waals surface area contributed by atoms with Crippen molar-refractivity contribution < 1.29 is 55.0 Å². The lowest BCUT2D eigenvalue weighted by atomic mass is 10.1. The van der Waals surface area contributed by atoms with E-state index in [1.54, 1.807) is 6.92 Å². The molecule has 4 aromatic rings. The number of nitrogens with one attached hydrogen (secondary N) is 2. The summed E-state index contributed by atoms with van der Waals surface area (Å²) in [6.45, 7) is 3.70. The number of rotatable bonds is 17. The average molecular weight is 1010 g/mol. The summed E-state index contributed by atoms with van der Waals surface area (Å²) in [6, 6.07) is 14.3. The molecular formula is C37H38BrFN10O18. The van der Waals surface area contributed by atoms with E-state index in [-0.39, 0.29) is 101 Å². The quantitative estimate of drug-likeness (QED) is 0.0391. The molecule has 0 radical (unpaired) electrons. The molecule has 0 unspecified atom stereocenters. The molecule has 4 rings (SSSR count). The lowest BCUT2D eigenvalue weighted by Crippen LogP contribution is -2.10. The Morgan fingerprint density at radius 2 is 0.985 bits per heavy atom. The van der Waals surface area contributed by atoms with Crippen LogP contribution < -0.4 is 10.6 Å². The Morgan fingerprint density at radius 1 is 0.642 bits per heavy atom. The van der Waals surface area contributed by atoms with Gasteiger partial charge in [0.2, 0.25) is 0 Å². The van der Waals surface area contributed by atoms with Crippen LogP contribution in [0.3, 0.4) is 0 Å². The van der Waals surface area contributed by atoms with Gasteiger partial charge in [-0.25, -0.2) is 0 Å². The van der Waals surface area contributed by atoms with Crippen LogP contribution in [0.5, 0.6) is 0 Å². The highest BCUT2D eigenvalue weighted by atomic mass is 79.9. The number of aliphatic hydroxyl groups excluding tert-OH is 1. The van der Waals surface area contributed by atoms with E-state index in [1.807, 2.05) is 0 Å². The zero-order valence-electron chi connectivity index (χ0n) is 35.8. The molecule has 0 saturated carbocycles. The van der Waals surface area contributed by atoms with E-state index in [0.29, 0.717) is 6.54 Å². The molecule has 0 spiro atoms. The zero-order valence-corrected chi connectivity index (χ0v) is 36.3. The van der Waals surface area contributed by atoms with Gasteiger partial charge in [0.25, 0.3) is 45.5 Å². The minimum atomic E-state index is -1.00. The number of ether oxygens (including phenoxy) is 1. The average Bonchev–Trinajstić information content (AvgIpc) is 3.28. The molecule has 0 heterocycles. The van der Waals surface area contributed by atoms with Crippen LogP contribution in [0.4, 0.5) is 61.3 Å². The van der Waals surface area contributed by atoms with Crippen molar-refractivity contribution in [1.82, 2.24) is 0 Å². The van der Waals surface area contributed by atoms with Gasteiger partial charge in [0.15, 0.2) is 0 Å². The molecule has 358 valence electrons. The van der Waals surface area contributed by atoms with E-state index in [0.717, 1.165) is 18.2 Å². The van der Waals surface area contributed by atoms with Crippen molar-refractivity contribution in [3.05, 3.63) is 165 Å². The minimum absolute atomic E-state index is 0.0810. The molecule has 0 amide bonds. The predicted octanol–water partition coefficient (Wildman–Crippen LogP) is 7.91. The summed E-state index contributed by atoms with van der Waals surface area (Å²) in [7, 11) is -1.00. The second kappa shape index (κ2) is 32.8. The number of benzene rings is 4. The number of nitro groups is 8. The van der Waals surface area contributed by atoms with Gasteiger partial charge >= 0.3 is 0 Å². The van der Waals surface area contributed by atoms with E-state index >= 15 is 0 Å². The number of terminal acetylenes is 2. The largest absolute Gasteiger partial charge is 0.395 e. The smallest absolute Gasteiger partial charge is 0.299 e. The van der Waals surface area contributed by atoms with Gasteiger partial charge in [-0.15, -0.1) is 12.8 Å². The first kappa shape index (κ1) is 58.1. The maximum atomic E-state index is 10.8. The Bertz CT molecular complexity index is 2430. The van der Waals surface area contributed by atoms with Crippen LogP contribution in [0.25, 0.3) is 0 Å². The van der Waals surface area contributed by atoms with Crippen molar-refractivity contribution in [2.75, 3.05) is 50.7 Å². The third-order valence-electron chi connectivity index (χ3n) is 7.50. The molecule has 67 heavy (non-hydrogen) atoms. The molecule has 0 atom stereocenters. The van der Waals surface area contributed by atoms with Crippen LogP contribution >= 0.6 is 15.9 Å². The van der Waals surface area contributed by atoms with Crippen LogP contribution in [0.15, 0.2) is 72.8 Å². The van der Waals surface area contributed by atoms with Gasteiger partial charge in [-0.05, 0) is 42.4 Å². The Balaban J connectivity index is 0. The van der Waals surface area contributed by atoms with Crippen molar-refractivity contribution >= 4 is 72.8 Å². The predicted molar refractivity (Wildman–Crippen MR) is 242 cm³/mol. The monoisotopic (exact) mass is 1010 g/mol. The Morgan fingerprint density at radius 3 is 1.28 bits per heavy atom. The minimum Gasteiger partial charge on any atom is -0.395 e. The third-order valence-corrected chi connectivity index (χ3v) is 7.50. The molecule has 4 aromatic carbocycles. The number of anilines is 2. The van der Waals surface area contributed by atoms with Gasteiger partial charge < -0.3 is 20.5 Å². The Labute approximate surface area is 386 Å². The SMILES string of the molecule is C#CBr.C#CCOCCNc1ccc([N+](=O)[O-])cc1[N+](=O)[O-].CCc1c([N+](=O)[O-])cccc1[N+](=O)[O-].Cc1c([N+](=O)[O-])cccc1[N+](=O)[O-].O=[N+]([O-])c1ccc(NCCO)c([N+](=O)[O-])c1.[2H]CF. The van der Waals surface area contributed by atoms with Crippen LogP contribution in [-0.4, -0.2) is 84.6 Å². The standard InChI is InChI=1S/C11H11N3O5.C8H9N3O5.C8H8N2O4.C7H6N2O4.C2HBr.CH3F/c1-2-6-19-7-5-12-10-4-3-9(13(15)16)8-11(10)14(17)18;12-4-3-9-7-2-1-6(10(13)14)5-8(7)11(15)16;1-2-6-7(9(11)12)4-3-5-8(6)10(13)14;1-5-6(8(10)11)3-2-4-7(5)9(12)13;1-2-3;1-2/h1,3-4,8,12H,5-7H2;1-2,5,9,12H,3-4H2;3-5H,2H2,1H3;2-4H,1H3;1H;1H3/i;;;;;1D. The summed E-state index contributed by atoms with van der Waals surface area (Å²) < 4.78 is 20.5. The lowest BCUT2D eigenvalue weighted by molar-refractivity contribution is -0.395. The molecule has 3 N–H and O–H groups in total. The van der Waals surface area contributed by atoms with Gasteiger partial charge in [0, 0.05) is 65.4 Å². The maximum Gasteiger partial charge on any atom is 0.299 e. The van der Waals surface area contributed by atoms with Gasteiger partial charge in [0.1, 0.15) is 29.1 Å². The number of nitrogens with zero attached hydrogens (tertiary/aromatic N) is 8. The van der Waals surface area contributed by atoms with E-state index in [4.69, 9.17) is 17.6 Å². The number of aliphatic hydroxyl groups is 1. The molecule has 0 aliphatic rings. The van der Waals surface area contributed by atoms with Gasteiger partial charge in [-0.1, -0.05) is 12.8 Å². The van der Waals surface area contributed by atoms with Crippen LogP contribution in [0, 0.1) is 111 Å². The zero-order chi connectivity index (χ0) is 52.5. The molecule has 0 saturated heterocycles. The topological polar surface area (TPSA) is 399 Å². The fourth-order valence-corrected chi connectivity index (χ4v) is 4.72. The highest BCUT2D eigenvalue weighted by Crippen LogP contribution is 2.31. The number of alkyl halides is 1. The fraction of sp³-hybridized carbons (Fsp3) is 0.243. The van der Waals surface area contributed by atoms with E-state index in [9.17, 15) is 85.3 Å². The van der Waals surface area contributed by atoms with Crippen LogP contribution in [-0.2, 0) is 11.2 Å². The molecule has 0 aliphatic heterocycles. The number of non-ortho nitro benzene ring substituents is 2. The first-order valence-corrected chi connectivity index (χ1v) is 18.5. The second-order valence-corrected chi connectivity index (χ2v) is 11.9. The summed E-state index contributed by atoms with van der Waals surface area (Å²) in [4.78, 5) is 81.0. The summed E-state index contributed by atoms with van der Waals surface area (Å²) in [5, 5.41) is 98.2. The highest BCUT2D eigenvalue weighted by molar-refractivity contribution is 9.12. The van der Waals surface area contributed by atoms with E-state index in [1.165, 1.54) is 61.5 Å². The molecular weight excluding hydrogens is 971 g/mol. The second-order valence-electron chi connectivity index (χ2n) is 11.5. The highest BCUT2D eigenvalue weighted by Gasteiger charge is 2.23. The maximum absolute atomic E-state index is 10.8. The lowest BCUT2D eigenvalue weighted by Gasteiger charge is -2.06. The molecule has 0 aromatic heterocycles. The van der Waals surface area contributed by atoms with Gasteiger partial charge in [-0.2, -0.15) is 0 Å². The molecule has 0 bridgehead atoms. The Kier molecular flexibility index (Phi) is 28.4. The summed E-state index contributed by atoms with van der Waals surface area (Å²) in [5.41, 5.74) is -1.67. The molecule has 30 heteroatoms. The summed E-state index contributed by atoms with van der Waals surface area (Å²) in [6.07, 6.45) is 9.77. The number of hydrogen-bond acceptors (Lipinski definition) is 20. The molecule has 28 nitrogen and oxygen atoms in total. The summed E-state index contributed by atoms with van der Waals surface area (Å²) >= 11 is 2.67. The van der Waals surface area contributed by atoms with Gasteiger partial charge in [-0.3, -0.25) is 85.3 Å². The third kappa shape index (κ3) is 21.4. The summed E-state index contributed by atoms with van der Waals surface area (Å²) in [5.74, 6) is 2.28. The first-order chi connectivity index (χ1) is 32.1. The van der Waals surface area contributed by atoms with E-state index < -0.39 is 46.5 Å². The van der Waals surface area contributed by atoms with E-state index in [2.05, 4.69) is 43.7 Å². The molecule has 0 aliphatic carbocycles. The number of halogens is 2. The normalized spacial score (nSPS) is 9.39. The van der Waals surface area contributed by atoms with Crippen molar-refractivity contribution in [3.63, 3.8) is 0 Å². The first-order valence-electron chi connectivity index (χ1n) is 18.4. The van der Waals surface area contributed by atoms with Crippen molar-refractivity contribution in [2.24, 2.45) is 0 Å². The van der Waals surface area contributed by atoms with Crippen LogP contribution in [0.1, 0.15) is 19.4 Å². The van der Waals surface area contributed by atoms with Crippen molar-refractivity contribution in [3.8, 4) is 23.6 Å².